The minimum atomic E-state index is 0.725. The van der Waals surface area contributed by atoms with E-state index in [0.29, 0.717) is 0 Å². The van der Waals surface area contributed by atoms with Crippen LogP contribution >= 0.6 is 11.6 Å². The highest BCUT2D eigenvalue weighted by atomic mass is 35.5. The molecule has 0 spiro atoms. The van der Waals surface area contributed by atoms with Crippen LogP contribution in [0.3, 0.4) is 0 Å². The fourth-order valence-electron chi connectivity index (χ4n) is 2.75. The fourth-order valence-corrected chi connectivity index (χ4v) is 2.92. The van der Waals surface area contributed by atoms with Crippen molar-refractivity contribution in [1.29, 1.82) is 0 Å². The quantitative estimate of drug-likeness (QED) is 0.459. The Kier molecular flexibility index (Phi) is 2.12. The number of para-hydroxylation sites is 1. The molecule has 19 heavy (non-hydrogen) atoms. The molecule has 2 nitrogen and oxygen atoms in total. The van der Waals surface area contributed by atoms with Crippen LogP contribution in [0.4, 0.5) is 0 Å². The molecule has 0 unspecified atom stereocenters. The molecule has 0 fully saturated rings. The lowest BCUT2D eigenvalue weighted by molar-refractivity contribution is 0.967. The van der Waals surface area contributed by atoms with E-state index in [4.69, 9.17) is 11.6 Å². The van der Waals surface area contributed by atoms with Crippen molar-refractivity contribution in [2.75, 3.05) is 0 Å². The van der Waals surface area contributed by atoms with E-state index in [9.17, 15) is 0 Å². The van der Waals surface area contributed by atoms with Gasteiger partial charge >= 0.3 is 0 Å². The Morgan fingerprint density at radius 1 is 1.05 bits per heavy atom. The van der Waals surface area contributed by atoms with Gasteiger partial charge in [-0.15, -0.1) is 0 Å². The Hall–Kier alpha value is -2.06. The van der Waals surface area contributed by atoms with Gasteiger partial charge < -0.3 is 4.57 Å². The third-order valence-corrected chi connectivity index (χ3v) is 3.86. The molecule has 0 amide bonds. The number of hydrogen-bond acceptors (Lipinski definition) is 1. The van der Waals surface area contributed by atoms with Crippen molar-refractivity contribution in [2.45, 2.75) is 0 Å². The topological polar surface area (TPSA) is 17.8 Å². The molecule has 2 heterocycles. The predicted octanol–water partition coefficient (Wildman–Crippen LogP) is 4.48. The van der Waals surface area contributed by atoms with E-state index in [1.807, 2.05) is 24.3 Å². The summed E-state index contributed by atoms with van der Waals surface area (Å²) in [5, 5.41) is 3.07. The van der Waals surface area contributed by atoms with Gasteiger partial charge in [0, 0.05) is 28.4 Å². The minimum absolute atomic E-state index is 0.725. The molecule has 2 aromatic rings. The standard InChI is InChI=1S/C16H11ClN2/c1-19-15-5-3-2-4-10(15)8-14-16(19)12-7-6-11(17)9-13(12)18-14/h2-9H,1H3. The molecular formula is C16H11ClN2. The van der Waals surface area contributed by atoms with Crippen molar-refractivity contribution in [3.05, 3.63) is 53.6 Å². The van der Waals surface area contributed by atoms with E-state index in [1.54, 1.807) is 0 Å². The van der Waals surface area contributed by atoms with Crippen molar-refractivity contribution in [2.24, 2.45) is 7.05 Å². The van der Waals surface area contributed by atoms with Crippen LogP contribution in [0.2, 0.25) is 5.02 Å². The molecule has 0 saturated heterocycles. The minimum Gasteiger partial charge on any atom is -0.342 e. The van der Waals surface area contributed by atoms with Gasteiger partial charge in [-0.1, -0.05) is 29.8 Å². The number of fused-ring (bicyclic) bond motifs is 4. The van der Waals surface area contributed by atoms with Crippen LogP contribution in [-0.2, 0) is 7.05 Å². The zero-order valence-corrected chi connectivity index (χ0v) is 11.1. The number of hydrogen-bond donors (Lipinski definition) is 0. The van der Waals surface area contributed by atoms with Crippen LogP contribution < -0.4 is 0 Å². The molecule has 0 bridgehead atoms. The van der Waals surface area contributed by atoms with Gasteiger partial charge in [-0.05, 0) is 30.3 Å². The summed E-state index contributed by atoms with van der Waals surface area (Å²) in [5.74, 6) is 0. The maximum atomic E-state index is 6.04. The third kappa shape index (κ3) is 1.47. The molecule has 0 atom stereocenters. The van der Waals surface area contributed by atoms with Crippen molar-refractivity contribution < 1.29 is 0 Å². The van der Waals surface area contributed by atoms with Crippen LogP contribution in [0.15, 0.2) is 48.5 Å². The van der Waals surface area contributed by atoms with E-state index in [1.165, 1.54) is 10.9 Å². The van der Waals surface area contributed by atoms with E-state index in [2.05, 4.69) is 40.9 Å². The average Bonchev–Trinajstić information content (AvgIpc) is 2.76. The zero-order chi connectivity index (χ0) is 13.0. The molecule has 2 aliphatic rings. The summed E-state index contributed by atoms with van der Waals surface area (Å²) in [5.41, 5.74) is 4.33. The molecule has 92 valence electrons. The van der Waals surface area contributed by atoms with E-state index in [0.717, 1.165) is 27.3 Å². The molecule has 0 radical (unpaired) electrons. The molecule has 0 aromatic heterocycles. The number of aromatic nitrogens is 2. The van der Waals surface area contributed by atoms with Crippen LogP contribution in [0.25, 0.3) is 33.2 Å². The van der Waals surface area contributed by atoms with Crippen molar-refractivity contribution >= 4 is 33.4 Å². The molecule has 0 saturated carbocycles. The average molecular weight is 267 g/mol. The highest BCUT2D eigenvalue weighted by Gasteiger charge is 2.16. The molecule has 4 rings (SSSR count). The maximum absolute atomic E-state index is 6.04. The summed E-state index contributed by atoms with van der Waals surface area (Å²) in [7, 11) is 2.08. The smallest absolute Gasteiger partial charge is 0.0887 e. The third-order valence-electron chi connectivity index (χ3n) is 3.62. The van der Waals surface area contributed by atoms with Gasteiger partial charge in [0.25, 0.3) is 0 Å². The van der Waals surface area contributed by atoms with Crippen LogP contribution in [0, 0.1) is 0 Å². The molecule has 3 heteroatoms. The normalized spacial score (nSPS) is 11.7. The second-order valence-corrected chi connectivity index (χ2v) is 5.21. The summed E-state index contributed by atoms with van der Waals surface area (Å²) >= 11 is 6.04. The van der Waals surface area contributed by atoms with Crippen LogP contribution in [0.1, 0.15) is 0 Å². The lowest BCUT2D eigenvalue weighted by Crippen LogP contribution is -1.98. The van der Waals surface area contributed by atoms with Crippen LogP contribution in [-0.4, -0.2) is 9.55 Å². The van der Waals surface area contributed by atoms with Gasteiger partial charge in [-0.3, -0.25) is 0 Å². The van der Waals surface area contributed by atoms with Crippen LogP contribution in [0.5, 0.6) is 0 Å². The number of pyridine rings is 1. The second-order valence-electron chi connectivity index (χ2n) is 4.77. The first-order valence-corrected chi connectivity index (χ1v) is 6.55. The number of rotatable bonds is 0. The molecular weight excluding hydrogens is 256 g/mol. The first-order valence-electron chi connectivity index (χ1n) is 6.17. The Bertz CT molecular complexity index is 892. The summed E-state index contributed by atoms with van der Waals surface area (Å²) in [6, 6.07) is 16.4. The number of halogens is 1. The van der Waals surface area contributed by atoms with E-state index in [-0.39, 0.29) is 0 Å². The Balaban J connectivity index is 2.26. The summed E-state index contributed by atoms with van der Waals surface area (Å²) in [6.45, 7) is 0. The van der Waals surface area contributed by atoms with Gasteiger partial charge in [0.2, 0.25) is 0 Å². The first-order chi connectivity index (χ1) is 9.24. The molecule has 0 N–H and O–H groups in total. The Morgan fingerprint density at radius 2 is 1.89 bits per heavy atom. The van der Waals surface area contributed by atoms with Gasteiger partial charge in [-0.2, -0.15) is 0 Å². The Morgan fingerprint density at radius 3 is 2.79 bits per heavy atom. The van der Waals surface area contributed by atoms with Crippen molar-refractivity contribution in [3.63, 3.8) is 0 Å². The summed E-state index contributed by atoms with van der Waals surface area (Å²) in [6.07, 6.45) is 0. The number of nitrogens with zero attached hydrogens (tertiary/aromatic N) is 2. The first kappa shape index (κ1) is 10.8. The maximum Gasteiger partial charge on any atom is 0.0887 e. The van der Waals surface area contributed by atoms with E-state index < -0.39 is 0 Å². The lowest BCUT2D eigenvalue weighted by Gasteiger charge is -2.11. The summed E-state index contributed by atoms with van der Waals surface area (Å²) < 4.78 is 2.20. The van der Waals surface area contributed by atoms with Crippen molar-refractivity contribution in [1.82, 2.24) is 9.55 Å². The summed E-state index contributed by atoms with van der Waals surface area (Å²) in [4.78, 5) is 4.68. The molecule has 2 aromatic carbocycles. The van der Waals surface area contributed by atoms with Gasteiger partial charge in [-0.25, -0.2) is 4.98 Å². The number of benzene rings is 2. The van der Waals surface area contributed by atoms with Crippen molar-refractivity contribution in [3.8, 4) is 11.4 Å². The van der Waals surface area contributed by atoms with Gasteiger partial charge in [0.1, 0.15) is 0 Å². The fraction of sp³-hybridized carbons (Fsp3) is 0.0625. The molecule has 2 aliphatic heterocycles. The lowest BCUT2D eigenvalue weighted by atomic mass is 10.1. The highest BCUT2D eigenvalue weighted by Crippen LogP contribution is 2.34. The van der Waals surface area contributed by atoms with Gasteiger partial charge in [0.15, 0.2) is 0 Å². The van der Waals surface area contributed by atoms with E-state index >= 15 is 0 Å². The molecule has 0 aliphatic carbocycles. The monoisotopic (exact) mass is 266 g/mol. The highest BCUT2D eigenvalue weighted by molar-refractivity contribution is 6.31. The number of aryl methyl sites for hydroxylation is 1. The second kappa shape index (κ2) is 3.72. The van der Waals surface area contributed by atoms with Gasteiger partial charge in [0.05, 0.1) is 16.9 Å². The predicted molar refractivity (Wildman–Crippen MR) is 79.9 cm³/mol. The largest absolute Gasteiger partial charge is 0.342 e. The Labute approximate surface area is 115 Å². The zero-order valence-electron chi connectivity index (χ0n) is 10.4. The SMILES string of the molecule is Cn1c2c3ccc(Cl)cc3nc-2cc2ccccc21.